The number of halogens is 3. The van der Waals surface area contributed by atoms with Crippen molar-refractivity contribution < 1.29 is 31.9 Å². The number of nitrogens with zero attached hydrogens (tertiary/aromatic N) is 1. The third-order valence-corrected chi connectivity index (χ3v) is 4.54. The van der Waals surface area contributed by atoms with Gasteiger partial charge in [-0.15, -0.1) is 0 Å². The number of carbonyl (C=O) groups is 1. The molecule has 3 rings (SSSR count). The zero-order chi connectivity index (χ0) is 23.1. The van der Waals surface area contributed by atoms with Crippen LogP contribution >= 0.6 is 0 Å². The molecule has 1 aromatic heterocycles. The summed E-state index contributed by atoms with van der Waals surface area (Å²) in [7, 11) is 0. The normalized spacial score (nSPS) is 11.7. The summed E-state index contributed by atoms with van der Waals surface area (Å²) in [5, 5.41) is 0. The molecule has 2 aromatic carbocycles. The number of carbonyl (C=O) groups excluding carboxylic acids is 1. The van der Waals surface area contributed by atoms with Crippen molar-refractivity contribution in [2.75, 3.05) is 13.2 Å². The van der Waals surface area contributed by atoms with Crippen LogP contribution in [0.15, 0.2) is 59.0 Å². The third-order valence-electron chi connectivity index (χ3n) is 4.54. The van der Waals surface area contributed by atoms with Crippen LogP contribution in [0, 0.1) is 6.92 Å². The third kappa shape index (κ3) is 6.00. The van der Waals surface area contributed by atoms with Gasteiger partial charge in [0.15, 0.2) is 0 Å². The summed E-state index contributed by atoms with van der Waals surface area (Å²) in [6.07, 6.45) is -2.20. The molecule has 0 aliphatic rings. The first-order valence-electron chi connectivity index (χ1n) is 9.98. The van der Waals surface area contributed by atoms with E-state index in [2.05, 4.69) is 4.98 Å². The minimum Gasteiger partial charge on any atom is -0.493 e. The molecular weight excluding hydrogens is 423 g/mol. The SMILES string of the molecule is CCOC(=O)C=Cc1ccc(OCCc2nc(-c3ccccc3)oc2C)cc1C(F)(F)F. The molecule has 0 spiro atoms. The van der Waals surface area contributed by atoms with Gasteiger partial charge in [0.1, 0.15) is 11.5 Å². The zero-order valence-electron chi connectivity index (χ0n) is 17.6. The summed E-state index contributed by atoms with van der Waals surface area (Å²) in [5.74, 6) is 0.465. The maximum absolute atomic E-state index is 13.5. The standard InChI is InChI=1S/C24H22F3NO4/c1-3-30-22(29)12-10-17-9-11-19(15-20(17)24(25,26)27)31-14-13-21-16(2)32-23(28-21)18-7-5-4-6-8-18/h4-12,15H,3,13-14H2,1-2H3. The fourth-order valence-electron chi connectivity index (χ4n) is 2.99. The number of aromatic nitrogens is 1. The van der Waals surface area contributed by atoms with E-state index >= 15 is 0 Å². The molecule has 0 fully saturated rings. The van der Waals surface area contributed by atoms with E-state index in [1.165, 1.54) is 12.1 Å². The first-order valence-corrected chi connectivity index (χ1v) is 9.98. The number of alkyl halides is 3. The highest BCUT2D eigenvalue weighted by molar-refractivity contribution is 5.87. The number of rotatable bonds is 8. The number of benzene rings is 2. The predicted molar refractivity (Wildman–Crippen MR) is 113 cm³/mol. The van der Waals surface area contributed by atoms with Crippen molar-refractivity contribution in [3.8, 4) is 17.2 Å². The van der Waals surface area contributed by atoms with E-state index in [1.807, 2.05) is 30.3 Å². The summed E-state index contributed by atoms with van der Waals surface area (Å²) < 4.78 is 56.4. The van der Waals surface area contributed by atoms with Crippen LogP contribution in [0.1, 0.15) is 29.5 Å². The molecule has 0 saturated carbocycles. The van der Waals surface area contributed by atoms with Gasteiger partial charge in [-0.25, -0.2) is 9.78 Å². The van der Waals surface area contributed by atoms with Crippen LogP contribution in [0.3, 0.4) is 0 Å². The molecule has 1 heterocycles. The fraction of sp³-hybridized carbons (Fsp3) is 0.250. The summed E-state index contributed by atoms with van der Waals surface area (Å²) in [5.41, 5.74) is 0.454. The molecule has 168 valence electrons. The average Bonchev–Trinajstić information content (AvgIpc) is 3.13. The van der Waals surface area contributed by atoms with Crippen LogP contribution in [0.4, 0.5) is 13.2 Å². The van der Waals surface area contributed by atoms with Gasteiger partial charge in [-0.3, -0.25) is 0 Å². The molecule has 0 saturated heterocycles. The Bertz CT molecular complexity index is 1090. The first-order chi connectivity index (χ1) is 15.3. The number of aryl methyl sites for hydroxylation is 1. The Kier molecular flexibility index (Phi) is 7.35. The van der Waals surface area contributed by atoms with E-state index in [4.69, 9.17) is 13.9 Å². The lowest BCUT2D eigenvalue weighted by Crippen LogP contribution is -2.09. The monoisotopic (exact) mass is 445 g/mol. The van der Waals surface area contributed by atoms with Crippen molar-refractivity contribution in [3.63, 3.8) is 0 Å². The Labute approximate surface area is 183 Å². The molecule has 0 aliphatic heterocycles. The van der Waals surface area contributed by atoms with Crippen LogP contribution in [0.2, 0.25) is 0 Å². The second kappa shape index (κ2) is 10.2. The van der Waals surface area contributed by atoms with Gasteiger partial charge in [-0.2, -0.15) is 13.2 Å². The highest BCUT2D eigenvalue weighted by atomic mass is 19.4. The van der Waals surface area contributed by atoms with E-state index in [-0.39, 0.29) is 24.5 Å². The van der Waals surface area contributed by atoms with Crippen molar-refractivity contribution in [1.82, 2.24) is 4.98 Å². The topological polar surface area (TPSA) is 61.6 Å². The quantitative estimate of drug-likeness (QED) is 0.321. The van der Waals surface area contributed by atoms with Gasteiger partial charge in [0, 0.05) is 18.1 Å². The summed E-state index contributed by atoms with van der Waals surface area (Å²) >= 11 is 0. The Morgan fingerprint density at radius 3 is 2.59 bits per heavy atom. The molecule has 0 atom stereocenters. The van der Waals surface area contributed by atoms with Gasteiger partial charge in [0.2, 0.25) is 5.89 Å². The molecule has 5 nitrogen and oxygen atoms in total. The first kappa shape index (κ1) is 23.1. The molecule has 0 N–H and O–H groups in total. The number of ether oxygens (including phenoxy) is 2. The minimum absolute atomic E-state index is 0.0649. The minimum atomic E-state index is -4.61. The van der Waals surface area contributed by atoms with E-state index in [0.29, 0.717) is 23.8 Å². The van der Waals surface area contributed by atoms with Crippen molar-refractivity contribution in [2.45, 2.75) is 26.4 Å². The van der Waals surface area contributed by atoms with Gasteiger partial charge < -0.3 is 13.9 Å². The van der Waals surface area contributed by atoms with Gasteiger partial charge in [0.25, 0.3) is 0 Å². The Balaban J connectivity index is 1.69. The zero-order valence-corrected chi connectivity index (χ0v) is 17.6. The van der Waals surface area contributed by atoms with Gasteiger partial charge in [-0.1, -0.05) is 24.3 Å². The Morgan fingerprint density at radius 2 is 1.91 bits per heavy atom. The van der Waals surface area contributed by atoms with E-state index in [1.54, 1.807) is 13.8 Å². The van der Waals surface area contributed by atoms with Crippen LogP contribution in [-0.4, -0.2) is 24.2 Å². The number of hydrogen-bond donors (Lipinski definition) is 0. The maximum atomic E-state index is 13.5. The summed E-state index contributed by atoms with van der Waals surface area (Å²) in [4.78, 5) is 15.9. The van der Waals surface area contributed by atoms with Crippen molar-refractivity contribution in [1.29, 1.82) is 0 Å². The van der Waals surface area contributed by atoms with E-state index in [9.17, 15) is 18.0 Å². The van der Waals surface area contributed by atoms with Gasteiger partial charge in [0.05, 0.1) is 24.5 Å². The summed E-state index contributed by atoms with van der Waals surface area (Å²) in [6.45, 7) is 3.65. The van der Waals surface area contributed by atoms with Gasteiger partial charge in [-0.05, 0) is 49.8 Å². The van der Waals surface area contributed by atoms with E-state index in [0.717, 1.165) is 23.8 Å². The highest BCUT2D eigenvalue weighted by Crippen LogP contribution is 2.35. The second-order valence-corrected chi connectivity index (χ2v) is 6.82. The van der Waals surface area contributed by atoms with Crippen LogP contribution in [0.5, 0.6) is 5.75 Å². The molecule has 8 heteroatoms. The highest BCUT2D eigenvalue weighted by Gasteiger charge is 2.33. The number of esters is 1. The molecule has 0 unspecified atom stereocenters. The average molecular weight is 445 g/mol. The Hall–Kier alpha value is -3.55. The van der Waals surface area contributed by atoms with Crippen molar-refractivity contribution in [3.05, 3.63) is 77.2 Å². The molecule has 0 bridgehead atoms. The lowest BCUT2D eigenvalue weighted by atomic mass is 10.1. The van der Waals surface area contributed by atoms with Crippen LogP contribution in [-0.2, 0) is 22.1 Å². The van der Waals surface area contributed by atoms with Crippen molar-refractivity contribution >= 4 is 12.0 Å². The number of hydrogen-bond acceptors (Lipinski definition) is 5. The maximum Gasteiger partial charge on any atom is 0.417 e. The van der Waals surface area contributed by atoms with Crippen LogP contribution < -0.4 is 4.74 Å². The Morgan fingerprint density at radius 1 is 1.16 bits per heavy atom. The lowest BCUT2D eigenvalue weighted by Gasteiger charge is -2.13. The summed E-state index contributed by atoms with van der Waals surface area (Å²) in [6, 6.07) is 13.0. The molecule has 3 aromatic rings. The van der Waals surface area contributed by atoms with Crippen molar-refractivity contribution in [2.24, 2.45) is 0 Å². The van der Waals surface area contributed by atoms with Crippen LogP contribution in [0.25, 0.3) is 17.5 Å². The predicted octanol–water partition coefficient (Wildman–Crippen LogP) is 5.87. The number of oxazole rings is 1. The second-order valence-electron chi connectivity index (χ2n) is 6.82. The molecule has 0 aliphatic carbocycles. The largest absolute Gasteiger partial charge is 0.493 e. The smallest absolute Gasteiger partial charge is 0.417 e. The molecular formula is C24H22F3NO4. The lowest BCUT2D eigenvalue weighted by molar-refractivity contribution is -0.138. The molecule has 0 radical (unpaired) electrons. The fourth-order valence-corrected chi connectivity index (χ4v) is 2.99. The molecule has 32 heavy (non-hydrogen) atoms. The van der Waals surface area contributed by atoms with E-state index < -0.39 is 17.7 Å². The van der Waals surface area contributed by atoms with Gasteiger partial charge >= 0.3 is 12.1 Å². The molecule has 0 amide bonds.